The van der Waals surface area contributed by atoms with Crippen molar-refractivity contribution in [2.24, 2.45) is 0 Å². The van der Waals surface area contributed by atoms with E-state index in [9.17, 15) is 19.9 Å². The van der Waals surface area contributed by atoms with Crippen LogP contribution in [0.1, 0.15) is 73.7 Å². The first kappa shape index (κ1) is 35.1. The zero-order valence-electron chi connectivity index (χ0n) is 27.2. The molecular weight excluding hydrogens is 627 g/mol. The number of aliphatic hydroxyl groups excluding tert-OH is 1. The lowest BCUT2D eigenvalue weighted by molar-refractivity contribution is -0.645. The second-order valence-corrected chi connectivity index (χ2v) is 13.0. The molecule has 5 rings (SSSR count). The van der Waals surface area contributed by atoms with Gasteiger partial charge in [-0.2, -0.15) is 4.73 Å². The molecule has 4 aromatic rings. The number of ether oxygens (including phenoxy) is 2. The van der Waals surface area contributed by atoms with Crippen LogP contribution in [0.3, 0.4) is 0 Å². The van der Waals surface area contributed by atoms with Gasteiger partial charge in [0.1, 0.15) is 0 Å². The fourth-order valence-corrected chi connectivity index (χ4v) is 6.49. The molecular formula is C38H43N3O6S. The molecule has 1 fully saturated rings. The number of thioether (sulfide) groups is 1. The maximum Gasteiger partial charge on any atom is 0.251 e. The number of aromatic nitrogens is 1. The highest BCUT2D eigenvalue weighted by atomic mass is 32.2. The van der Waals surface area contributed by atoms with Gasteiger partial charge in [-0.3, -0.25) is 9.59 Å². The van der Waals surface area contributed by atoms with Crippen molar-refractivity contribution in [3.63, 3.8) is 0 Å². The number of nitrogens with zero attached hydrogens (tertiary/aromatic N) is 1. The van der Waals surface area contributed by atoms with Crippen molar-refractivity contribution in [1.29, 1.82) is 0 Å². The molecule has 1 aliphatic heterocycles. The minimum Gasteiger partial charge on any atom is -0.618 e. The molecule has 0 radical (unpaired) electrons. The van der Waals surface area contributed by atoms with Gasteiger partial charge in [0.15, 0.2) is 12.5 Å². The molecule has 252 valence electrons. The van der Waals surface area contributed by atoms with Crippen molar-refractivity contribution in [2.75, 3.05) is 12.3 Å². The number of amides is 2. The predicted molar refractivity (Wildman–Crippen MR) is 185 cm³/mol. The third kappa shape index (κ3) is 10.4. The minimum atomic E-state index is -0.594. The van der Waals surface area contributed by atoms with Gasteiger partial charge in [-0.15, -0.1) is 0 Å². The average Bonchev–Trinajstić information content (AvgIpc) is 3.12. The molecule has 2 amide bonds. The van der Waals surface area contributed by atoms with E-state index in [0.29, 0.717) is 36.7 Å². The van der Waals surface area contributed by atoms with E-state index in [0.717, 1.165) is 57.4 Å². The number of pyridine rings is 1. The smallest absolute Gasteiger partial charge is 0.251 e. The summed E-state index contributed by atoms with van der Waals surface area (Å²) >= 11 is 1.47. The fourth-order valence-electron chi connectivity index (χ4n) is 5.56. The summed E-state index contributed by atoms with van der Waals surface area (Å²) in [6.07, 6.45) is 4.17. The van der Waals surface area contributed by atoms with Gasteiger partial charge in [0.2, 0.25) is 11.8 Å². The van der Waals surface area contributed by atoms with E-state index in [1.807, 2.05) is 60.7 Å². The zero-order chi connectivity index (χ0) is 33.7. The van der Waals surface area contributed by atoms with Crippen LogP contribution in [0.15, 0.2) is 102 Å². The van der Waals surface area contributed by atoms with Crippen molar-refractivity contribution in [3.05, 3.63) is 125 Å². The van der Waals surface area contributed by atoms with Gasteiger partial charge in [0.05, 0.1) is 18.8 Å². The molecule has 1 aliphatic rings. The van der Waals surface area contributed by atoms with Crippen LogP contribution in [-0.2, 0) is 32.2 Å². The molecule has 0 bridgehead atoms. The molecule has 10 heteroatoms. The average molecular weight is 670 g/mol. The summed E-state index contributed by atoms with van der Waals surface area (Å²) in [5.74, 6) is 0.585. The molecule has 0 spiro atoms. The summed E-state index contributed by atoms with van der Waals surface area (Å²) in [6.45, 7) is 2.58. The Hall–Kier alpha value is -4.22. The van der Waals surface area contributed by atoms with Crippen LogP contribution in [0.2, 0.25) is 0 Å². The van der Waals surface area contributed by atoms with Crippen LogP contribution in [0, 0.1) is 5.21 Å². The van der Waals surface area contributed by atoms with Crippen LogP contribution >= 0.6 is 11.8 Å². The maximum absolute atomic E-state index is 12.4. The number of hydrogen-bond acceptors (Lipinski definition) is 7. The number of nitrogens with one attached hydrogen (secondary N) is 2. The standard InChI is InChI=1S/C38H43N3O6S/c1-27(43)39-20-5-2-3-10-36(44)40-24-29-8-7-9-33(22-29)30-16-18-32(19-17-30)38-46-34(26-48-37-11-4-6-21-41(37)45)23-35(47-38)31-14-12-28(25-42)13-15-31/h4,6-9,11-19,21-22,34-35,38,42H,2-3,5,10,20,23-26H2,1H3,(H,39,43)(H,40,44). The Kier molecular flexibility index (Phi) is 13.0. The number of carbonyl (C=O) groups excluding carboxylic acids is 2. The van der Waals surface area contributed by atoms with Gasteiger partial charge in [0.25, 0.3) is 5.03 Å². The molecule has 1 saturated heterocycles. The molecule has 0 aliphatic carbocycles. The largest absolute Gasteiger partial charge is 0.618 e. The molecule has 3 atom stereocenters. The molecule has 48 heavy (non-hydrogen) atoms. The summed E-state index contributed by atoms with van der Waals surface area (Å²) in [5, 5.41) is 28.1. The van der Waals surface area contributed by atoms with Gasteiger partial charge in [-0.1, -0.05) is 84.9 Å². The Bertz CT molecular complexity index is 1630. The minimum absolute atomic E-state index is 0.0179. The van der Waals surface area contributed by atoms with Crippen LogP contribution in [0.25, 0.3) is 11.1 Å². The van der Waals surface area contributed by atoms with Crippen molar-refractivity contribution >= 4 is 23.6 Å². The first-order valence-electron chi connectivity index (χ1n) is 16.4. The van der Waals surface area contributed by atoms with Crippen molar-refractivity contribution in [1.82, 2.24) is 10.6 Å². The second kappa shape index (κ2) is 17.8. The summed E-state index contributed by atoms with van der Waals surface area (Å²) in [4.78, 5) is 23.3. The van der Waals surface area contributed by atoms with Gasteiger partial charge in [-0.05, 0) is 52.8 Å². The van der Waals surface area contributed by atoms with Gasteiger partial charge in [-0.25, -0.2) is 0 Å². The van der Waals surface area contributed by atoms with E-state index in [1.165, 1.54) is 24.9 Å². The number of hydrogen-bond donors (Lipinski definition) is 3. The number of carbonyl (C=O) groups is 2. The van der Waals surface area contributed by atoms with E-state index in [-0.39, 0.29) is 30.6 Å². The number of aliphatic hydroxyl groups is 1. The lowest BCUT2D eigenvalue weighted by Gasteiger charge is -2.36. The Morgan fingerprint density at radius 2 is 1.67 bits per heavy atom. The topological polar surface area (TPSA) is 124 Å². The summed E-state index contributed by atoms with van der Waals surface area (Å²) < 4.78 is 13.8. The third-order valence-corrected chi connectivity index (χ3v) is 9.36. The highest BCUT2D eigenvalue weighted by molar-refractivity contribution is 7.99. The van der Waals surface area contributed by atoms with Crippen molar-refractivity contribution < 1.29 is 28.9 Å². The number of unbranched alkanes of at least 4 members (excludes halogenated alkanes) is 2. The Morgan fingerprint density at radius 3 is 2.42 bits per heavy atom. The first-order chi connectivity index (χ1) is 23.4. The predicted octanol–water partition coefficient (Wildman–Crippen LogP) is 6.13. The zero-order valence-corrected chi connectivity index (χ0v) is 28.0. The Labute approximate surface area is 286 Å². The molecule has 9 nitrogen and oxygen atoms in total. The summed E-state index contributed by atoms with van der Waals surface area (Å²) in [7, 11) is 0. The highest BCUT2D eigenvalue weighted by Gasteiger charge is 2.32. The monoisotopic (exact) mass is 669 g/mol. The highest BCUT2D eigenvalue weighted by Crippen LogP contribution is 2.39. The van der Waals surface area contributed by atoms with E-state index in [2.05, 4.69) is 28.8 Å². The van der Waals surface area contributed by atoms with Gasteiger partial charge in [0, 0.05) is 56.3 Å². The van der Waals surface area contributed by atoms with E-state index in [1.54, 1.807) is 12.1 Å². The number of rotatable bonds is 15. The third-order valence-electron chi connectivity index (χ3n) is 8.21. The van der Waals surface area contributed by atoms with Gasteiger partial charge >= 0.3 is 0 Å². The molecule has 0 saturated carbocycles. The van der Waals surface area contributed by atoms with E-state index < -0.39 is 6.29 Å². The van der Waals surface area contributed by atoms with Crippen molar-refractivity contribution in [3.8, 4) is 11.1 Å². The molecule has 3 N–H and O–H groups in total. The van der Waals surface area contributed by atoms with Crippen LogP contribution in [0.4, 0.5) is 0 Å². The second-order valence-electron chi connectivity index (χ2n) is 11.9. The molecule has 2 heterocycles. The SMILES string of the molecule is CC(=O)NCCCCCC(=O)NCc1cccc(-c2ccc(C3OC(CSc4cccc[n+]4[O-])CC(c4ccc(CO)cc4)O3)cc2)c1. The fraction of sp³-hybridized carbons (Fsp3) is 0.342. The lowest BCUT2D eigenvalue weighted by Crippen LogP contribution is -2.32. The van der Waals surface area contributed by atoms with Crippen molar-refractivity contribution in [2.45, 2.75) is 75.7 Å². The van der Waals surface area contributed by atoms with Crippen LogP contribution < -0.4 is 15.4 Å². The van der Waals surface area contributed by atoms with Crippen LogP contribution in [0.5, 0.6) is 0 Å². The van der Waals surface area contributed by atoms with E-state index in [4.69, 9.17) is 9.47 Å². The van der Waals surface area contributed by atoms with E-state index >= 15 is 0 Å². The first-order valence-corrected chi connectivity index (χ1v) is 17.4. The van der Waals surface area contributed by atoms with Crippen LogP contribution in [-0.4, -0.2) is 35.3 Å². The number of benzene rings is 3. The van der Waals surface area contributed by atoms with Gasteiger partial charge < -0.3 is 30.4 Å². The molecule has 3 unspecified atom stereocenters. The Balaban J connectivity index is 1.20. The molecule has 1 aromatic heterocycles. The Morgan fingerprint density at radius 1 is 0.875 bits per heavy atom. The lowest BCUT2D eigenvalue weighted by atomic mass is 9.99. The maximum atomic E-state index is 12.4. The molecule has 3 aromatic carbocycles. The quantitative estimate of drug-likeness (QED) is 0.0602. The normalized spacial score (nSPS) is 17.5. The summed E-state index contributed by atoms with van der Waals surface area (Å²) in [5.41, 5.74) is 5.84. The summed E-state index contributed by atoms with van der Waals surface area (Å²) in [6, 6.07) is 29.4.